The molecule has 0 fully saturated rings. The zero-order chi connectivity index (χ0) is 19.3. The highest BCUT2D eigenvalue weighted by atomic mass is 32.1. The fourth-order valence-electron chi connectivity index (χ4n) is 3.43. The third kappa shape index (κ3) is 3.82. The molecule has 0 spiro atoms. The molecule has 142 valence electrons. The topological polar surface area (TPSA) is 59.8 Å². The van der Waals surface area contributed by atoms with Gasteiger partial charge in [0.2, 0.25) is 5.91 Å². The van der Waals surface area contributed by atoms with Crippen molar-refractivity contribution in [3.8, 4) is 11.5 Å². The third-order valence-electron chi connectivity index (χ3n) is 4.73. The zero-order valence-corrected chi connectivity index (χ0v) is 16.5. The van der Waals surface area contributed by atoms with Crippen LogP contribution in [0.2, 0.25) is 0 Å². The van der Waals surface area contributed by atoms with Crippen molar-refractivity contribution in [3.63, 3.8) is 0 Å². The van der Waals surface area contributed by atoms with E-state index in [4.69, 9.17) is 4.98 Å². The summed E-state index contributed by atoms with van der Waals surface area (Å²) in [4.78, 5) is 22.1. The van der Waals surface area contributed by atoms with Crippen molar-refractivity contribution in [1.82, 2.24) is 19.9 Å². The van der Waals surface area contributed by atoms with E-state index in [-0.39, 0.29) is 18.5 Å². The molecule has 1 N–H and O–H groups in total. The van der Waals surface area contributed by atoms with E-state index in [0.29, 0.717) is 0 Å². The first kappa shape index (κ1) is 18.4. The Morgan fingerprint density at radius 1 is 1.14 bits per heavy atom. The van der Waals surface area contributed by atoms with Gasteiger partial charge in [0, 0.05) is 5.38 Å². The summed E-state index contributed by atoms with van der Waals surface area (Å²) in [5, 5.41) is 5.16. The van der Waals surface area contributed by atoms with Crippen molar-refractivity contribution in [3.05, 3.63) is 71.1 Å². The van der Waals surface area contributed by atoms with Crippen LogP contribution in [0.3, 0.4) is 0 Å². The molecule has 2 aromatic heterocycles. The summed E-state index contributed by atoms with van der Waals surface area (Å²) in [5.41, 5.74) is 5.51. The molecule has 0 bridgehead atoms. The number of thiazole rings is 1. The molecular formula is C22H22N4OS. The van der Waals surface area contributed by atoms with Gasteiger partial charge in [-0.15, -0.1) is 11.3 Å². The van der Waals surface area contributed by atoms with Gasteiger partial charge in [-0.3, -0.25) is 4.79 Å². The number of hydrogen-bond acceptors (Lipinski definition) is 4. The van der Waals surface area contributed by atoms with Crippen molar-refractivity contribution >= 4 is 28.3 Å². The Hall–Kier alpha value is -2.99. The maximum absolute atomic E-state index is 13.0. The van der Waals surface area contributed by atoms with Crippen LogP contribution in [-0.2, 0) is 11.3 Å². The maximum Gasteiger partial charge on any atom is 0.240 e. The largest absolute Gasteiger partial charge is 0.348 e. The standard InChI is InChI=1S/C22H22N4OS/c1-2-8-17(16-9-4-3-5-10-16)24-21(27)13-26-20-12-7-6-11-18(20)25-22(26)19-14-28-15-23-19/h3-7,9-12,14-15,17H,2,8,13H2,1H3,(H,24,27). The molecular weight excluding hydrogens is 368 g/mol. The number of benzene rings is 2. The van der Waals surface area contributed by atoms with Crippen LogP contribution in [-0.4, -0.2) is 20.4 Å². The first-order valence-corrected chi connectivity index (χ1v) is 10.4. The molecule has 4 rings (SSSR count). The number of carbonyl (C=O) groups excluding carboxylic acids is 1. The van der Waals surface area contributed by atoms with E-state index in [1.807, 2.05) is 52.4 Å². The molecule has 0 saturated carbocycles. The monoisotopic (exact) mass is 390 g/mol. The molecule has 0 aliphatic carbocycles. The van der Waals surface area contributed by atoms with Crippen LogP contribution >= 0.6 is 11.3 Å². The summed E-state index contributed by atoms with van der Waals surface area (Å²) in [7, 11) is 0. The van der Waals surface area contributed by atoms with Crippen LogP contribution in [0.5, 0.6) is 0 Å². The number of para-hydroxylation sites is 2. The second-order valence-electron chi connectivity index (χ2n) is 6.70. The number of nitrogens with one attached hydrogen (secondary N) is 1. The maximum atomic E-state index is 13.0. The average Bonchev–Trinajstić information content (AvgIpc) is 3.37. The van der Waals surface area contributed by atoms with Crippen LogP contribution in [0, 0.1) is 0 Å². The number of fused-ring (bicyclic) bond motifs is 1. The molecule has 0 aliphatic heterocycles. The molecule has 2 heterocycles. The van der Waals surface area contributed by atoms with Crippen LogP contribution in [0.1, 0.15) is 31.4 Å². The van der Waals surface area contributed by atoms with E-state index >= 15 is 0 Å². The Morgan fingerprint density at radius 2 is 1.93 bits per heavy atom. The summed E-state index contributed by atoms with van der Waals surface area (Å²) in [5.74, 6) is 0.700. The van der Waals surface area contributed by atoms with Gasteiger partial charge in [-0.2, -0.15) is 0 Å². The van der Waals surface area contributed by atoms with Gasteiger partial charge in [-0.25, -0.2) is 9.97 Å². The van der Waals surface area contributed by atoms with Crippen molar-refractivity contribution < 1.29 is 4.79 Å². The van der Waals surface area contributed by atoms with Gasteiger partial charge in [0.05, 0.1) is 22.6 Å². The molecule has 0 aliphatic rings. The van der Waals surface area contributed by atoms with Gasteiger partial charge in [0.25, 0.3) is 0 Å². The van der Waals surface area contributed by atoms with Crippen molar-refractivity contribution in [2.24, 2.45) is 0 Å². The summed E-state index contributed by atoms with van der Waals surface area (Å²) in [6.07, 6.45) is 1.90. The van der Waals surface area contributed by atoms with E-state index in [1.54, 1.807) is 5.51 Å². The summed E-state index contributed by atoms with van der Waals surface area (Å²) >= 11 is 1.52. The quantitative estimate of drug-likeness (QED) is 0.492. The minimum absolute atomic E-state index is 0.0104. The van der Waals surface area contributed by atoms with Crippen molar-refractivity contribution in [2.45, 2.75) is 32.4 Å². The second kappa shape index (κ2) is 8.35. The fourth-order valence-corrected chi connectivity index (χ4v) is 3.96. The highest BCUT2D eigenvalue weighted by Crippen LogP contribution is 2.25. The molecule has 4 aromatic rings. The number of nitrogens with zero attached hydrogens (tertiary/aromatic N) is 3. The highest BCUT2D eigenvalue weighted by molar-refractivity contribution is 7.07. The molecule has 1 atom stereocenters. The lowest BCUT2D eigenvalue weighted by Crippen LogP contribution is -2.31. The number of aromatic nitrogens is 3. The van der Waals surface area contributed by atoms with E-state index in [9.17, 15) is 4.79 Å². The van der Waals surface area contributed by atoms with E-state index < -0.39 is 0 Å². The molecule has 1 unspecified atom stereocenters. The zero-order valence-electron chi connectivity index (χ0n) is 15.7. The van der Waals surface area contributed by atoms with E-state index in [1.165, 1.54) is 11.3 Å². The summed E-state index contributed by atoms with van der Waals surface area (Å²) < 4.78 is 1.95. The summed E-state index contributed by atoms with van der Waals surface area (Å²) in [6, 6.07) is 18.0. The van der Waals surface area contributed by atoms with E-state index in [2.05, 4.69) is 29.4 Å². The van der Waals surface area contributed by atoms with Crippen molar-refractivity contribution in [1.29, 1.82) is 0 Å². The van der Waals surface area contributed by atoms with Gasteiger partial charge < -0.3 is 9.88 Å². The van der Waals surface area contributed by atoms with Crippen molar-refractivity contribution in [2.75, 3.05) is 0 Å². The minimum atomic E-state index is -0.0260. The minimum Gasteiger partial charge on any atom is -0.348 e. The number of hydrogen-bond donors (Lipinski definition) is 1. The first-order valence-electron chi connectivity index (χ1n) is 9.44. The van der Waals surface area contributed by atoms with Gasteiger partial charge >= 0.3 is 0 Å². The number of amides is 1. The average molecular weight is 391 g/mol. The highest BCUT2D eigenvalue weighted by Gasteiger charge is 2.19. The van der Waals surface area contributed by atoms with Gasteiger partial charge in [0.15, 0.2) is 5.82 Å². The first-order chi connectivity index (χ1) is 13.8. The summed E-state index contributed by atoms with van der Waals surface area (Å²) in [6.45, 7) is 2.34. The molecule has 0 saturated heterocycles. The lowest BCUT2D eigenvalue weighted by molar-refractivity contribution is -0.122. The Labute approximate surface area is 168 Å². The lowest BCUT2D eigenvalue weighted by atomic mass is 10.0. The predicted octanol–water partition coefficient (Wildman–Crippen LogP) is 4.82. The fraction of sp³-hybridized carbons (Fsp3) is 0.227. The molecule has 1 amide bonds. The van der Waals surface area contributed by atoms with Gasteiger partial charge in [-0.05, 0) is 24.1 Å². The Kier molecular flexibility index (Phi) is 5.48. The number of imidazole rings is 1. The number of rotatable bonds is 7. The Bertz CT molecular complexity index is 1060. The Morgan fingerprint density at radius 3 is 2.68 bits per heavy atom. The number of carbonyl (C=O) groups is 1. The third-order valence-corrected chi connectivity index (χ3v) is 5.32. The second-order valence-corrected chi connectivity index (χ2v) is 7.42. The molecule has 2 aromatic carbocycles. The van der Waals surface area contributed by atoms with Crippen LogP contribution in [0.25, 0.3) is 22.6 Å². The van der Waals surface area contributed by atoms with Crippen LogP contribution in [0.4, 0.5) is 0 Å². The smallest absolute Gasteiger partial charge is 0.240 e. The van der Waals surface area contributed by atoms with E-state index in [0.717, 1.165) is 41.0 Å². The molecule has 0 radical (unpaired) electrons. The van der Waals surface area contributed by atoms with Gasteiger partial charge in [-0.1, -0.05) is 55.8 Å². The predicted molar refractivity (Wildman–Crippen MR) is 113 cm³/mol. The van der Waals surface area contributed by atoms with Crippen LogP contribution in [0.15, 0.2) is 65.5 Å². The molecule has 6 heteroatoms. The SMILES string of the molecule is CCCC(NC(=O)Cn1c(-c2cscn2)nc2ccccc21)c1ccccc1. The normalized spacial score (nSPS) is 12.2. The molecule has 5 nitrogen and oxygen atoms in total. The van der Waals surface area contributed by atoms with Gasteiger partial charge in [0.1, 0.15) is 12.2 Å². The van der Waals surface area contributed by atoms with Crippen LogP contribution < -0.4 is 5.32 Å². The molecule has 28 heavy (non-hydrogen) atoms. The Balaban J connectivity index is 1.62. The lowest BCUT2D eigenvalue weighted by Gasteiger charge is -2.19.